The van der Waals surface area contributed by atoms with Crippen LogP contribution in [-0.2, 0) is 10.7 Å². The van der Waals surface area contributed by atoms with Gasteiger partial charge in [-0.2, -0.15) is 13.2 Å². The number of alkyl halides is 3. The highest BCUT2D eigenvalue weighted by molar-refractivity contribution is 7.46. The van der Waals surface area contributed by atoms with Gasteiger partial charge in [-0.25, -0.2) is 4.57 Å². The van der Waals surface area contributed by atoms with Gasteiger partial charge in [-0.15, -0.1) is 0 Å². The molecule has 36 heavy (non-hydrogen) atoms. The SMILES string of the molecule is Cc1cc(NC(=O)c2cc(Cl)ccc2OP(=O)(O)O)cc(C(F)(F)F)c1.OCCC(CCO)CCO. The topological polar surface area (TPSA) is 157 Å². The van der Waals surface area contributed by atoms with Gasteiger partial charge in [0.15, 0.2) is 0 Å². The van der Waals surface area contributed by atoms with Crippen LogP contribution in [-0.4, -0.2) is 50.8 Å². The number of anilines is 1. The maximum absolute atomic E-state index is 12.9. The number of halogens is 4. The minimum Gasteiger partial charge on any atom is -0.403 e. The molecule has 0 saturated carbocycles. The number of amides is 1. The van der Waals surface area contributed by atoms with Gasteiger partial charge in [0.2, 0.25) is 0 Å². The summed E-state index contributed by atoms with van der Waals surface area (Å²) in [4.78, 5) is 30.2. The van der Waals surface area contributed by atoms with Crippen molar-refractivity contribution in [2.24, 2.45) is 5.92 Å². The number of hydrogen-bond acceptors (Lipinski definition) is 6. The van der Waals surface area contributed by atoms with E-state index in [0.29, 0.717) is 19.3 Å². The molecule has 0 fully saturated rings. The molecule has 0 unspecified atom stereocenters. The lowest BCUT2D eigenvalue weighted by atomic mass is 9.99. The van der Waals surface area contributed by atoms with Crippen LogP contribution in [0.15, 0.2) is 36.4 Å². The number of carbonyl (C=O) groups is 1. The lowest BCUT2D eigenvalue weighted by molar-refractivity contribution is -0.137. The number of phosphoric ester groups is 1. The molecule has 202 valence electrons. The first-order valence-electron chi connectivity index (χ1n) is 10.6. The summed E-state index contributed by atoms with van der Waals surface area (Å²) < 4.78 is 54.0. The molecule has 0 spiro atoms. The van der Waals surface area contributed by atoms with Gasteiger partial charge in [0.05, 0.1) is 11.1 Å². The number of rotatable bonds is 10. The summed E-state index contributed by atoms with van der Waals surface area (Å²) in [6.45, 7) is 1.85. The standard InChI is InChI=1S/C15H12ClF3NO5P.C7H16O3/c1-8-4-9(15(17,18)19)6-11(5-8)20-14(21)12-7-10(16)2-3-13(12)25-26(22,23)24;8-4-1-7(2-5-9)3-6-10/h2-7H,1H3,(H,20,21)(H2,22,23,24);7-10H,1-6H2. The van der Waals surface area contributed by atoms with Crippen molar-refractivity contribution < 1.29 is 52.2 Å². The lowest BCUT2D eigenvalue weighted by Gasteiger charge is -2.14. The summed E-state index contributed by atoms with van der Waals surface area (Å²) in [7, 11) is -4.96. The van der Waals surface area contributed by atoms with Crippen molar-refractivity contribution in [2.75, 3.05) is 25.1 Å². The summed E-state index contributed by atoms with van der Waals surface area (Å²) in [6.07, 6.45) is -2.56. The van der Waals surface area contributed by atoms with Crippen molar-refractivity contribution in [3.05, 3.63) is 58.1 Å². The van der Waals surface area contributed by atoms with E-state index >= 15 is 0 Å². The number of phosphoric acid groups is 1. The van der Waals surface area contributed by atoms with Gasteiger partial charge in [-0.05, 0) is 74.1 Å². The Morgan fingerprint density at radius 3 is 2.06 bits per heavy atom. The second-order valence-corrected chi connectivity index (χ2v) is 9.26. The average molecular weight is 558 g/mol. The number of aryl methyl sites for hydroxylation is 1. The van der Waals surface area contributed by atoms with Gasteiger partial charge in [0.25, 0.3) is 5.91 Å². The smallest absolute Gasteiger partial charge is 0.403 e. The monoisotopic (exact) mass is 557 g/mol. The summed E-state index contributed by atoms with van der Waals surface area (Å²) >= 11 is 5.77. The Morgan fingerprint density at radius 2 is 1.58 bits per heavy atom. The van der Waals surface area contributed by atoms with E-state index < -0.39 is 31.2 Å². The van der Waals surface area contributed by atoms with Crippen molar-refractivity contribution in [3.8, 4) is 5.75 Å². The third-order valence-corrected chi connectivity index (χ3v) is 5.35. The Labute approximate surface area is 210 Å². The number of aliphatic hydroxyl groups excluding tert-OH is 3. The zero-order chi connectivity index (χ0) is 27.5. The predicted octanol–water partition coefficient (Wildman–Crippen LogP) is 4.14. The summed E-state index contributed by atoms with van der Waals surface area (Å²) in [5.74, 6) is -1.14. The first-order chi connectivity index (χ1) is 16.7. The van der Waals surface area contributed by atoms with Crippen LogP contribution in [0.25, 0.3) is 0 Å². The molecular weight excluding hydrogens is 530 g/mol. The van der Waals surface area contributed by atoms with E-state index in [4.69, 9.17) is 36.7 Å². The van der Waals surface area contributed by atoms with Crippen molar-refractivity contribution in [3.63, 3.8) is 0 Å². The molecular formula is C22H28ClF3NO8P. The number of hydrogen-bond donors (Lipinski definition) is 6. The highest BCUT2D eigenvalue weighted by Gasteiger charge is 2.31. The molecule has 0 aliphatic heterocycles. The Bertz CT molecular complexity index is 1030. The van der Waals surface area contributed by atoms with Crippen LogP contribution in [0.3, 0.4) is 0 Å². The molecule has 0 aliphatic carbocycles. The molecule has 0 saturated heterocycles. The van der Waals surface area contributed by atoms with E-state index in [-0.39, 0.29) is 47.6 Å². The van der Waals surface area contributed by atoms with Crippen molar-refractivity contribution in [1.82, 2.24) is 0 Å². The lowest BCUT2D eigenvalue weighted by Crippen LogP contribution is -2.15. The van der Waals surface area contributed by atoms with E-state index in [0.717, 1.165) is 24.3 Å². The van der Waals surface area contributed by atoms with E-state index in [9.17, 15) is 22.5 Å². The number of benzene rings is 2. The molecule has 2 rings (SSSR count). The summed E-state index contributed by atoms with van der Waals surface area (Å²) in [6, 6.07) is 6.32. The quantitative estimate of drug-likeness (QED) is 0.238. The number of aliphatic hydroxyl groups is 3. The third-order valence-electron chi connectivity index (χ3n) is 4.68. The molecule has 0 radical (unpaired) electrons. The average Bonchev–Trinajstić information content (AvgIpc) is 2.74. The maximum Gasteiger partial charge on any atom is 0.524 e. The molecule has 0 bridgehead atoms. The molecule has 14 heteroatoms. The van der Waals surface area contributed by atoms with E-state index in [2.05, 4.69) is 9.84 Å². The predicted molar refractivity (Wildman–Crippen MR) is 127 cm³/mol. The van der Waals surface area contributed by atoms with Crippen molar-refractivity contribution >= 4 is 31.0 Å². The fraction of sp³-hybridized carbons (Fsp3) is 0.409. The molecule has 0 atom stereocenters. The van der Waals surface area contributed by atoms with Gasteiger partial charge >= 0.3 is 14.0 Å². The molecule has 0 heterocycles. The normalized spacial score (nSPS) is 11.6. The second-order valence-electron chi connectivity index (χ2n) is 7.66. The minimum atomic E-state index is -4.96. The third kappa shape index (κ3) is 11.7. The van der Waals surface area contributed by atoms with Gasteiger partial charge in [-0.3, -0.25) is 14.6 Å². The van der Waals surface area contributed by atoms with E-state index in [1.165, 1.54) is 19.1 Å². The summed E-state index contributed by atoms with van der Waals surface area (Å²) in [5.41, 5.74) is -1.20. The number of nitrogens with one attached hydrogen (secondary N) is 1. The van der Waals surface area contributed by atoms with Crippen LogP contribution >= 0.6 is 19.4 Å². The maximum atomic E-state index is 12.9. The molecule has 9 nitrogen and oxygen atoms in total. The van der Waals surface area contributed by atoms with Gasteiger partial charge in [0, 0.05) is 30.5 Å². The van der Waals surface area contributed by atoms with E-state index in [1.54, 1.807) is 0 Å². The Hall–Kier alpha value is -2.18. The zero-order valence-electron chi connectivity index (χ0n) is 19.2. The summed E-state index contributed by atoms with van der Waals surface area (Å²) in [5, 5.41) is 27.9. The molecule has 0 aromatic heterocycles. The van der Waals surface area contributed by atoms with Crippen LogP contribution in [0, 0.1) is 12.8 Å². The molecule has 2 aromatic rings. The van der Waals surface area contributed by atoms with Gasteiger partial charge in [-0.1, -0.05) is 11.6 Å². The Balaban J connectivity index is 0.000000548. The highest BCUT2D eigenvalue weighted by Crippen LogP contribution is 2.40. The van der Waals surface area contributed by atoms with Crippen molar-refractivity contribution in [2.45, 2.75) is 32.4 Å². The van der Waals surface area contributed by atoms with E-state index in [1.807, 2.05) is 0 Å². The minimum absolute atomic E-state index is 0.0634. The van der Waals surface area contributed by atoms with Crippen LogP contribution in [0.1, 0.15) is 40.7 Å². The van der Waals surface area contributed by atoms with Gasteiger partial charge in [0.1, 0.15) is 5.75 Å². The molecule has 2 aromatic carbocycles. The van der Waals surface area contributed by atoms with Crippen molar-refractivity contribution in [1.29, 1.82) is 0 Å². The fourth-order valence-corrected chi connectivity index (χ4v) is 3.67. The molecule has 1 amide bonds. The number of carbonyl (C=O) groups excluding carboxylic acids is 1. The van der Waals surface area contributed by atoms with Crippen LogP contribution < -0.4 is 9.84 Å². The van der Waals surface area contributed by atoms with Crippen LogP contribution in [0.4, 0.5) is 18.9 Å². The highest BCUT2D eigenvalue weighted by atomic mass is 35.5. The van der Waals surface area contributed by atoms with Gasteiger partial charge < -0.3 is 25.2 Å². The molecule has 0 aliphatic rings. The fourth-order valence-electron chi connectivity index (χ4n) is 3.09. The first-order valence-corrected chi connectivity index (χ1v) is 12.5. The molecule has 6 N–H and O–H groups in total. The zero-order valence-corrected chi connectivity index (χ0v) is 20.9. The van der Waals surface area contributed by atoms with Crippen LogP contribution in [0.5, 0.6) is 5.75 Å². The van der Waals surface area contributed by atoms with Crippen LogP contribution in [0.2, 0.25) is 5.02 Å². The second kappa shape index (κ2) is 14.5. The largest absolute Gasteiger partial charge is 0.524 e. The first kappa shape index (κ1) is 31.8. The Morgan fingerprint density at radius 1 is 1.03 bits per heavy atom. The Kier molecular flexibility index (Phi) is 12.9.